The molecule has 0 saturated carbocycles. The SMILES string of the molecule is CC(=O)N1N=C(c2ccc(F)cc2)CC1c1cc(Br)cc(Br)c1Oc1c([N+](=O)[O-])cc(C(F)(F)F)cc1[N+](=O)[O-]. The summed E-state index contributed by atoms with van der Waals surface area (Å²) >= 11 is 6.54. The predicted octanol–water partition coefficient (Wildman–Crippen LogP) is 7.68. The molecule has 1 heterocycles. The maximum Gasteiger partial charge on any atom is 0.416 e. The highest BCUT2D eigenvalue weighted by Crippen LogP contribution is 2.49. The number of alkyl halides is 3. The van der Waals surface area contributed by atoms with Gasteiger partial charge in [0.15, 0.2) is 0 Å². The second-order valence-electron chi connectivity index (χ2n) is 8.40. The van der Waals surface area contributed by atoms with Gasteiger partial charge in [-0.3, -0.25) is 25.0 Å². The fourth-order valence-electron chi connectivity index (χ4n) is 4.04. The number of amides is 1. The number of carbonyl (C=O) groups is 1. The summed E-state index contributed by atoms with van der Waals surface area (Å²) in [6, 6.07) is 7.61. The van der Waals surface area contributed by atoms with E-state index in [4.69, 9.17) is 4.74 Å². The van der Waals surface area contributed by atoms with Crippen molar-refractivity contribution in [1.82, 2.24) is 5.01 Å². The van der Waals surface area contributed by atoms with Crippen molar-refractivity contribution in [1.29, 1.82) is 0 Å². The molecule has 0 radical (unpaired) electrons. The summed E-state index contributed by atoms with van der Waals surface area (Å²) < 4.78 is 59.8. The zero-order valence-corrected chi connectivity index (χ0v) is 23.1. The van der Waals surface area contributed by atoms with E-state index in [9.17, 15) is 42.6 Å². The summed E-state index contributed by atoms with van der Waals surface area (Å²) in [7, 11) is 0. The Morgan fingerprint density at radius 1 is 1.02 bits per heavy atom. The highest BCUT2D eigenvalue weighted by molar-refractivity contribution is 9.11. The first-order valence-electron chi connectivity index (χ1n) is 11.0. The molecule has 1 unspecified atom stereocenters. The molecule has 0 saturated heterocycles. The number of hydrogen-bond acceptors (Lipinski definition) is 7. The molecule has 4 rings (SSSR count). The molecule has 0 spiro atoms. The first kappa shape index (κ1) is 29.1. The Balaban J connectivity index is 1.88. The van der Waals surface area contributed by atoms with Crippen LogP contribution in [-0.4, -0.2) is 26.5 Å². The third kappa shape index (κ3) is 5.82. The van der Waals surface area contributed by atoms with Crippen molar-refractivity contribution in [3.8, 4) is 11.5 Å². The largest absolute Gasteiger partial charge is 0.443 e. The van der Waals surface area contributed by atoms with Gasteiger partial charge in [0.05, 0.1) is 31.6 Å². The monoisotopic (exact) mass is 688 g/mol. The fourth-order valence-corrected chi connectivity index (χ4v) is 5.37. The molecule has 16 heteroatoms. The van der Waals surface area contributed by atoms with Crippen molar-refractivity contribution in [2.24, 2.45) is 5.10 Å². The Bertz CT molecular complexity index is 1550. The topological polar surface area (TPSA) is 128 Å². The Morgan fingerprint density at radius 3 is 2.10 bits per heavy atom. The first-order chi connectivity index (χ1) is 18.7. The number of benzene rings is 3. The van der Waals surface area contributed by atoms with Crippen LogP contribution in [0.2, 0.25) is 0 Å². The minimum absolute atomic E-state index is 0.0572. The van der Waals surface area contributed by atoms with Crippen LogP contribution >= 0.6 is 31.9 Å². The summed E-state index contributed by atoms with van der Waals surface area (Å²) in [5.74, 6) is -2.29. The molecule has 0 fully saturated rings. The van der Waals surface area contributed by atoms with E-state index in [1.165, 1.54) is 43.3 Å². The van der Waals surface area contributed by atoms with E-state index in [0.717, 1.165) is 5.01 Å². The van der Waals surface area contributed by atoms with E-state index in [-0.39, 0.29) is 34.3 Å². The van der Waals surface area contributed by atoms with Crippen molar-refractivity contribution in [3.05, 3.63) is 100 Å². The van der Waals surface area contributed by atoms with Crippen LogP contribution in [0.5, 0.6) is 11.5 Å². The molecule has 40 heavy (non-hydrogen) atoms. The normalized spacial score (nSPS) is 15.1. The van der Waals surface area contributed by atoms with Crippen molar-refractivity contribution >= 4 is 54.9 Å². The first-order valence-corrected chi connectivity index (χ1v) is 12.6. The quantitative estimate of drug-likeness (QED) is 0.148. The number of halogens is 6. The summed E-state index contributed by atoms with van der Waals surface area (Å²) in [6.45, 7) is 1.23. The van der Waals surface area contributed by atoms with Crippen molar-refractivity contribution in [2.75, 3.05) is 0 Å². The summed E-state index contributed by atoms with van der Waals surface area (Å²) in [6.07, 6.45) is -5.06. The van der Waals surface area contributed by atoms with Crippen LogP contribution in [0.15, 0.2) is 62.6 Å². The van der Waals surface area contributed by atoms with Gasteiger partial charge in [-0.2, -0.15) is 18.3 Å². The number of ether oxygens (including phenoxy) is 1. The van der Waals surface area contributed by atoms with Gasteiger partial charge in [-0.15, -0.1) is 0 Å². The van der Waals surface area contributed by atoms with Gasteiger partial charge in [-0.25, -0.2) is 9.40 Å². The van der Waals surface area contributed by atoms with Gasteiger partial charge in [0, 0.05) is 35.5 Å². The van der Waals surface area contributed by atoms with Gasteiger partial charge in [0.25, 0.3) is 5.75 Å². The van der Waals surface area contributed by atoms with E-state index in [1.807, 2.05) is 0 Å². The Labute approximate surface area is 238 Å². The van der Waals surface area contributed by atoms with E-state index in [1.54, 1.807) is 0 Å². The van der Waals surface area contributed by atoms with Gasteiger partial charge in [-0.1, -0.05) is 28.1 Å². The molecule has 1 aliphatic heterocycles. The van der Waals surface area contributed by atoms with Crippen LogP contribution in [0.1, 0.15) is 36.1 Å². The lowest BCUT2D eigenvalue weighted by molar-refractivity contribution is -0.396. The van der Waals surface area contributed by atoms with Gasteiger partial charge in [0.2, 0.25) is 5.91 Å². The zero-order valence-electron chi connectivity index (χ0n) is 19.9. The number of carbonyl (C=O) groups excluding carboxylic acids is 1. The van der Waals surface area contributed by atoms with Crippen molar-refractivity contribution in [3.63, 3.8) is 0 Å². The lowest BCUT2D eigenvalue weighted by Crippen LogP contribution is -2.24. The molecule has 0 bridgehead atoms. The summed E-state index contributed by atoms with van der Waals surface area (Å²) in [4.78, 5) is 33.5. The second-order valence-corrected chi connectivity index (χ2v) is 10.2. The summed E-state index contributed by atoms with van der Waals surface area (Å²) in [5, 5.41) is 28.9. The number of rotatable bonds is 6. The Hall–Kier alpha value is -3.92. The molecule has 10 nitrogen and oxygen atoms in total. The van der Waals surface area contributed by atoms with Crippen LogP contribution in [-0.2, 0) is 11.0 Å². The molecule has 3 aromatic rings. The van der Waals surface area contributed by atoms with Crippen LogP contribution in [0.25, 0.3) is 0 Å². The molecular formula is C24H14Br2F4N4O6. The highest BCUT2D eigenvalue weighted by atomic mass is 79.9. The van der Waals surface area contributed by atoms with Gasteiger partial charge in [-0.05, 0) is 45.8 Å². The maximum absolute atomic E-state index is 13.4. The molecule has 0 aliphatic carbocycles. The molecule has 208 valence electrons. The molecule has 0 aromatic heterocycles. The van der Waals surface area contributed by atoms with E-state index >= 15 is 0 Å². The molecular weight excluding hydrogens is 676 g/mol. The van der Waals surface area contributed by atoms with Crippen LogP contribution < -0.4 is 4.74 Å². The van der Waals surface area contributed by atoms with Gasteiger partial charge < -0.3 is 4.74 Å². The molecule has 1 aliphatic rings. The smallest absolute Gasteiger partial charge is 0.416 e. The molecule has 3 aromatic carbocycles. The highest BCUT2D eigenvalue weighted by Gasteiger charge is 2.40. The van der Waals surface area contributed by atoms with E-state index in [2.05, 4.69) is 37.0 Å². The minimum atomic E-state index is -5.11. The lowest BCUT2D eigenvalue weighted by Gasteiger charge is -2.24. The standard InChI is InChI=1S/C24H14Br2F4N4O6/c1-11(35)32-19(10-18(31-32)12-2-4-15(27)5-3-12)16-8-14(25)9-17(26)22(16)40-23-20(33(36)37)6-13(24(28,29)30)7-21(23)34(38)39/h2-9,19H,10H2,1H3. The number of nitro benzene ring substituents is 2. The number of nitrogens with zero attached hydrogens (tertiary/aromatic N) is 4. The Morgan fingerprint density at radius 2 is 1.60 bits per heavy atom. The van der Waals surface area contributed by atoms with Crippen molar-refractivity contribution in [2.45, 2.75) is 25.6 Å². The zero-order chi connectivity index (χ0) is 29.5. The average Bonchev–Trinajstić information content (AvgIpc) is 3.30. The average molecular weight is 690 g/mol. The number of hydrogen-bond donors (Lipinski definition) is 0. The fraction of sp³-hybridized carbons (Fsp3) is 0.167. The van der Waals surface area contributed by atoms with E-state index in [0.29, 0.717) is 15.7 Å². The molecule has 1 amide bonds. The minimum Gasteiger partial charge on any atom is -0.443 e. The maximum atomic E-state index is 13.4. The number of hydrazone groups is 1. The summed E-state index contributed by atoms with van der Waals surface area (Å²) in [5.41, 5.74) is -3.14. The Kier molecular flexibility index (Phi) is 7.94. The number of nitro groups is 2. The third-order valence-electron chi connectivity index (χ3n) is 5.78. The van der Waals surface area contributed by atoms with Crippen LogP contribution in [0.3, 0.4) is 0 Å². The molecule has 1 atom stereocenters. The van der Waals surface area contributed by atoms with Gasteiger partial charge in [0.1, 0.15) is 11.6 Å². The van der Waals surface area contributed by atoms with Gasteiger partial charge >= 0.3 is 17.6 Å². The third-order valence-corrected chi connectivity index (χ3v) is 6.83. The van der Waals surface area contributed by atoms with Crippen molar-refractivity contribution < 1.29 is 36.9 Å². The van der Waals surface area contributed by atoms with Crippen LogP contribution in [0.4, 0.5) is 28.9 Å². The second kappa shape index (κ2) is 10.9. The molecule has 0 N–H and O–H groups in total. The predicted molar refractivity (Wildman–Crippen MR) is 139 cm³/mol. The van der Waals surface area contributed by atoms with Crippen LogP contribution in [0, 0.1) is 26.0 Å². The lowest BCUT2D eigenvalue weighted by atomic mass is 9.97. The van der Waals surface area contributed by atoms with E-state index < -0.39 is 56.5 Å².